The summed E-state index contributed by atoms with van der Waals surface area (Å²) in [5, 5.41) is 16.0. The van der Waals surface area contributed by atoms with Gasteiger partial charge in [-0.1, -0.05) is 50.2 Å². The van der Waals surface area contributed by atoms with Gasteiger partial charge in [-0.2, -0.15) is 0 Å². The molecular formula is C28H35BN4O8. The summed E-state index contributed by atoms with van der Waals surface area (Å²) >= 11 is 0. The topological polar surface area (TPSA) is 153 Å². The third-order valence-corrected chi connectivity index (χ3v) is 8.45. The maximum atomic E-state index is 13.7. The number of carbonyl (C=O) groups excluding carboxylic acids is 4. The number of aliphatic hydroxyl groups is 1. The van der Waals surface area contributed by atoms with Gasteiger partial charge in [0.2, 0.25) is 5.91 Å². The van der Waals surface area contributed by atoms with E-state index in [0.717, 1.165) is 5.56 Å². The molecule has 1 aromatic heterocycles. The number of nitrogens with one attached hydrogen (secondary N) is 2. The lowest BCUT2D eigenvalue weighted by Crippen LogP contribution is -2.77. The van der Waals surface area contributed by atoms with E-state index in [0.29, 0.717) is 12.1 Å². The number of morpholine rings is 1. The molecule has 1 aromatic carbocycles. The number of aromatic nitrogens is 1. The van der Waals surface area contributed by atoms with Crippen LogP contribution in [0.1, 0.15) is 37.7 Å². The zero-order valence-electron chi connectivity index (χ0n) is 23.5. The quantitative estimate of drug-likeness (QED) is 0.370. The van der Waals surface area contributed by atoms with E-state index in [1.54, 1.807) is 19.2 Å². The van der Waals surface area contributed by atoms with Crippen molar-refractivity contribution in [2.75, 3.05) is 20.3 Å². The average molecular weight is 566 g/mol. The molecule has 3 aliphatic rings. The van der Waals surface area contributed by atoms with Crippen LogP contribution in [0.4, 0.5) is 0 Å². The first kappa shape index (κ1) is 28.7. The Kier molecular flexibility index (Phi) is 7.62. The number of benzene rings is 1. The van der Waals surface area contributed by atoms with Crippen LogP contribution in [0.3, 0.4) is 0 Å². The fraction of sp³-hybridized carbons (Fsp3) is 0.464. The molecule has 218 valence electrons. The highest BCUT2D eigenvalue weighted by Crippen LogP contribution is 2.46. The van der Waals surface area contributed by atoms with E-state index in [4.69, 9.17) is 14.0 Å². The highest BCUT2D eigenvalue weighted by molar-refractivity contribution is 6.68. The molecule has 3 fully saturated rings. The van der Waals surface area contributed by atoms with Crippen molar-refractivity contribution in [3.8, 4) is 11.3 Å². The van der Waals surface area contributed by atoms with Crippen molar-refractivity contribution in [3.05, 3.63) is 54.2 Å². The Hall–Kier alpha value is -3.81. The van der Waals surface area contributed by atoms with Crippen molar-refractivity contribution in [2.45, 2.75) is 57.4 Å². The van der Waals surface area contributed by atoms with Crippen molar-refractivity contribution in [1.82, 2.24) is 15.6 Å². The van der Waals surface area contributed by atoms with Crippen LogP contribution in [0.15, 0.2) is 48.5 Å². The molecular weight excluding hydrogens is 531 g/mol. The van der Waals surface area contributed by atoms with Gasteiger partial charge < -0.3 is 34.2 Å². The molecule has 12 nitrogen and oxygen atoms in total. The van der Waals surface area contributed by atoms with Gasteiger partial charge in [-0.15, -0.1) is 0 Å². The van der Waals surface area contributed by atoms with E-state index in [1.807, 2.05) is 44.2 Å². The lowest BCUT2D eigenvalue weighted by Gasteiger charge is -2.51. The number of ether oxygens (including phenoxy) is 1. The minimum atomic E-state index is -2.71. The summed E-state index contributed by atoms with van der Waals surface area (Å²) in [4.78, 5) is 57.2. The van der Waals surface area contributed by atoms with Gasteiger partial charge in [-0.25, -0.2) is 14.6 Å². The van der Waals surface area contributed by atoms with Crippen LogP contribution in [-0.4, -0.2) is 95.4 Å². The number of rotatable bonds is 9. The number of quaternary nitrogens is 1. The number of nitrogens with zero attached hydrogens (tertiary/aromatic N) is 2. The first-order valence-electron chi connectivity index (χ1n) is 13.8. The van der Waals surface area contributed by atoms with Gasteiger partial charge >= 0.3 is 18.6 Å². The number of hydrogen-bond acceptors (Lipinski definition) is 9. The van der Waals surface area contributed by atoms with Crippen molar-refractivity contribution in [1.29, 1.82) is 0 Å². The molecule has 0 bridgehead atoms. The molecule has 3 aliphatic heterocycles. The molecule has 0 saturated carbocycles. The largest absolute Gasteiger partial charge is 0.606 e. The van der Waals surface area contributed by atoms with Gasteiger partial charge in [-0.05, 0) is 31.4 Å². The number of carbonyl (C=O) groups is 4. The molecule has 5 rings (SSSR count). The normalized spacial score (nSPS) is 28.7. The Morgan fingerprint density at radius 1 is 1.00 bits per heavy atom. The minimum Gasteiger partial charge on any atom is -0.599 e. The Bertz CT molecular complexity index is 1330. The summed E-state index contributed by atoms with van der Waals surface area (Å²) in [7, 11) is 1.73. The van der Waals surface area contributed by atoms with Crippen molar-refractivity contribution >= 4 is 30.4 Å². The number of hydrogen-bond donors (Lipinski definition) is 3. The molecule has 41 heavy (non-hydrogen) atoms. The highest BCUT2D eigenvalue weighted by atomic mass is 16.7. The second-order valence-corrected chi connectivity index (χ2v) is 11.6. The van der Waals surface area contributed by atoms with E-state index in [1.165, 1.54) is 13.0 Å². The first-order chi connectivity index (χ1) is 19.5. The van der Waals surface area contributed by atoms with Crippen LogP contribution in [0.2, 0.25) is 0 Å². The Labute approximate surface area is 237 Å². The smallest absolute Gasteiger partial charge is 0.599 e. The molecule has 13 heteroatoms. The number of likely N-dealkylation sites (N-methyl/N-ethyl adjacent to an activating group) is 1. The van der Waals surface area contributed by atoms with Gasteiger partial charge in [-0.3, -0.25) is 9.59 Å². The zero-order chi connectivity index (χ0) is 29.5. The van der Waals surface area contributed by atoms with E-state index >= 15 is 0 Å². The van der Waals surface area contributed by atoms with E-state index in [9.17, 15) is 24.3 Å². The number of pyridine rings is 1. The molecule has 7 atom stereocenters. The zero-order valence-corrected chi connectivity index (χ0v) is 23.5. The third-order valence-electron chi connectivity index (χ3n) is 8.45. The summed E-state index contributed by atoms with van der Waals surface area (Å²) in [6.07, 6.45) is -0.978. The average Bonchev–Trinajstić information content (AvgIpc) is 3.31. The molecule has 3 saturated heterocycles. The van der Waals surface area contributed by atoms with Crippen LogP contribution >= 0.6 is 0 Å². The third kappa shape index (κ3) is 4.87. The lowest BCUT2D eigenvalue weighted by atomic mass is 9.56. The van der Waals surface area contributed by atoms with Gasteiger partial charge in [0.05, 0.1) is 17.7 Å². The monoisotopic (exact) mass is 566 g/mol. The summed E-state index contributed by atoms with van der Waals surface area (Å²) < 4.78 is 17.1. The second kappa shape index (κ2) is 10.9. The van der Waals surface area contributed by atoms with Crippen molar-refractivity contribution < 1.29 is 42.7 Å². The second-order valence-electron chi connectivity index (χ2n) is 11.6. The predicted molar refractivity (Wildman–Crippen MR) is 147 cm³/mol. The predicted octanol–water partition coefficient (Wildman–Crippen LogP) is 0.564. The Morgan fingerprint density at radius 2 is 1.63 bits per heavy atom. The van der Waals surface area contributed by atoms with Crippen LogP contribution in [0.5, 0.6) is 0 Å². The van der Waals surface area contributed by atoms with E-state index < -0.39 is 60.6 Å². The first-order valence-corrected chi connectivity index (χ1v) is 13.8. The highest BCUT2D eigenvalue weighted by Gasteiger charge is 2.77. The van der Waals surface area contributed by atoms with Gasteiger partial charge in [0, 0.05) is 12.6 Å². The van der Waals surface area contributed by atoms with Crippen LogP contribution in [-0.2, 0) is 28.4 Å². The fourth-order valence-corrected chi connectivity index (χ4v) is 6.28. The maximum Gasteiger partial charge on any atom is 0.606 e. The standard InChI is InChI=1S/C28H35BN4O8/c1-16(2)13-23(29-33(4)21(27(37)40-29)14-39-15-22(33)28(38)41-29)31-26(36)24(17(3)34)32-25(35)20-12-8-11-19(30-20)18-9-6-5-7-10-18/h5-12,16-17,21-24,34H,13-15H2,1-4H3,(H,31,36)(H,32,35)/t17-,21-,22+,23+,24+,29?,33?/m1/s1. The summed E-state index contributed by atoms with van der Waals surface area (Å²) in [6.45, 7) is 2.65. The molecule has 2 amide bonds. The molecule has 4 heterocycles. The molecule has 2 unspecified atom stereocenters. The Morgan fingerprint density at radius 3 is 2.22 bits per heavy atom. The SMILES string of the molecule is CC(C)C[C@H](NC(=O)[C@@H](NC(=O)c1cccc(-c2ccccc2)n1)[C@@H](C)O)[B-]12OC(=O)[C@H]3COC[C@@H](C(=O)O1)[N+]32C. The summed E-state index contributed by atoms with van der Waals surface area (Å²) in [6, 6.07) is 11.4. The van der Waals surface area contributed by atoms with Gasteiger partial charge in [0.15, 0.2) is 12.1 Å². The lowest BCUT2D eigenvalue weighted by molar-refractivity contribution is -0.854. The molecule has 2 aromatic rings. The Balaban J connectivity index is 1.40. The molecule has 0 spiro atoms. The molecule has 3 N–H and O–H groups in total. The van der Waals surface area contributed by atoms with Crippen molar-refractivity contribution in [3.63, 3.8) is 0 Å². The van der Waals surface area contributed by atoms with E-state index in [-0.39, 0.29) is 29.2 Å². The van der Waals surface area contributed by atoms with Crippen LogP contribution < -0.4 is 10.6 Å². The van der Waals surface area contributed by atoms with Gasteiger partial charge in [0.25, 0.3) is 5.91 Å². The van der Waals surface area contributed by atoms with Crippen LogP contribution in [0.25, 0.3) is 11.3 Å². The number of aliphatic hydroxyl groups excluding tert-OH is 1. The fourth-order valence-electron chi connectivity index (χ4n) is 6.28. The molecule has 0 aliphatic carbocycles. The summed E-state index contributed by atoms with van der Waals surface area (Å²) in [5.74, 6) is -3.39. The van der Waals surface area contributed by atoms with Gasteiger partial charge in [0.1, 0.15) is 24.9 Å². The maximum absolute atomic E-state index is 13.7. The van der Waals surface area contributed by atoms with Crippen molar-refractivity contribution in [2.24, 2.45) is 5.92 Å². The minimum absolute atomic E-state index is 0.00390. The summed E-state index contributed by atoms with van der Waals surface area (Å²) in [5.41, 5.74) is 1.46. The van der Waals surface area contributed by atoms with E-state index in [2.05, 4.69) is 15.6 Å². The molecule has 0 radical (unpaired) electrons. The van der Waals surface area contributed by atoms with Crippen LogP contribution in [0, 0.1) is 5.92 Å². The number of amides is 2.